The second-order valence-corrected chi connectivity index (χ2v) is 8.05. The highest BCUT2D eigenvalue weighted by molar-refractivity contribution is 9.12. The van der Waals surface area contributed by atoms with Gasteiger partial charge < -0.3 is 20.4 Å². The third-order valence-electron chi connectivity index (χ3n) is 3.94. The first kappa shape index (κ1) is 20.2. The fourth-order valence-electron chi connectivity index (χ4n) is 2.60. The lowest BCUT2D eigenvalue weighted by Crippen LogP contribution is -2.45. The van der Waals surface area contributed by atoms with Crippen molar-refractivity contribution in [2.24, 2.45) is 0 Å². The van der Waals surface area contributed by atoms with Crippen molar-refractivity contribution in [1.82, 2.24) is 10.2 Å². The van der Waals surface area contributed by atoms with Gasteiger partial charge in [0.2, 0.25) is 0 Å². The molecular formula is C17H23BrN4O4. The molecule has 1 heterocycles. The molecule has 2 aliphatic rings. The minimum Gasteiger partial charge on any atom is -0.444 e. The van der Waals surface area contributed by atoms with Gasteiger partial charge in [0.15, 0.2) is 0 Å². The van der Waals surface area contributed by atoms with Gasteiger partial charge in [0, 0.05) is 37.0 Å². The van der Waals surface area contributed by atoms with E-state index in [1.807, 2.05) is 20.8 Å². The maximum atomic E-state index is 12.1. The SMILES string of the molecule is CC(C)(C)OC(=O)N1CCC(N/C=C2/C=C([N+](=O)[O-])C(Br)=CC2=N)CC1. The van der Waals surface area contributed by atoms with E-state index in [1.54, 1.807) is 11.1 Å². The summed E-state index contributed by atoms with van der Waals surface area (Å²) in [5, 5.41) is 22.2. The van der Waals surface area contributed by atoms with Crippen LogP contribution in [0.3, 0.4) is 0 Å². The molecule has 0 unspecified atom stereocenters. The maximum Gasteiger partial charge on any atom is 0.410 e. The highest BCUT2D eigenvalue weighted by Crippen LogP contribution is 2.25. The van der Waals surface area contributed by atoms with Gasteiger partial charge in [-0.15, -0.1) is 0 Å². The van der Waals surface area contributed by atoms with E-state index in [4.69, 9.17) is 10.1 Å². The molecule has 1 amide bonds. The third kappa shape index (κ3) is 5.42. The molecule has 0 atom stereocenters. The number of piperidine rings is 1. The van der Waals surface area contributed by atoms with E-state index in [-0.39, 0.29) is 28.0 Å². The highest BCUT2D eigenvalue weighted by Gasteiger charge is 2.27. The van der Waals surface area contributed by atoms with Crippen LogP contribution < -0.4 is 5.32 Å². The topological polar surface area (TPSA) is 109 Å². The molecular weight excluding hydrogens is 404 g/mol. The number of carbonyl (C=O) groups excluding carboxylic acids is 1. The standard InChI is InChI=1S/C17H23BrN4O4/c1-17(2,3)26-16(23)21-6-4-12(5-7-21)20-10-11-8-15(22(24)25)13(18)9-14(11)19/h8-10,12,19-20H,4-7H2,1-3H3/b11-10-,19-14?. The predicted octanol–water partition coefficient (Wildman–Crippen LogP) is 3.33. The molecule has 0 saturated carbocycles. The van der Waals surface area contributed by atoms with Crippen molar-refractivity contribution in [3.05, 3.63) is 44.2 Å². The minimum atomic E-state index is -0.513. The number of nitro groups is 1. The van der Waals surface area contributed by atoms with E-state index < -0.39 is 10.5 Å². The summed E-state index contributed by atoms with van der Waals surface area (Å²) in [5.41, 5.74) is 0.0604. The summed E-state index contributed by atoms with van der Waals surface area (Å²) < 4.78 is 5.66. The second kappa shape index (κ2) is 8.03. The van der Waals surface area contributed by atoms with Crippen molar-refractivity contribution in [3.8, 4) is 0 Å². The van der Waals surface area contributed by atoms with E-state index >= 15 is 0 Å². The van der Waals surface area contributed by atoms with E-state index in [1.165, 1.54) is 12.2 Å². The summed E-state index contributed by atoms with van der Waals surface area (Å²) >= 11 is 3.11. The predicted molar refractivity (Wildman–Crippen MR) is 102 cm³/mol. The van der Waals surface area contributed by atoms with E-state index in [0.29, 0.717) is 18.7 Å². The Hall–Kier alpha value is -2.16. The minimum absolute atomic E-state index is 0.0752. The summed E-state index contributed by atoms with van der Waals surface area (Å²) in [6.45, 7) is 6.67. The molecule has 142 valence electrons. The number of rotatable bonds is 3. The molecule has 2 rings (SSSR count). The fraction of sp³-hybridized carbons (Fsp3) is 0.529. The molecule has 1 aliphatic heterocycles. The Bertz CT molecular complexity index is 698. The smallest absolute Gasteiger partial charge is 0.410 e. The lowest BCUT2D eigenvalue weighted by molar-refractivity contribution is -0.419. The number of halogens is 1. The van der Waals surface area contributed by atoms with Crippen molar-refractivity contribution < 1.29 is 14.5 Å². The first-order valence-corrected chi connectivity index (χ1v) is 9.13. The number of nitrogens with zero attached hydrogens (tertiary/aromatic N) is 2. The van der Waals surface area contributed by atoms with Crippen LogP contribution >= 0.6 is 15.9 Å². The molecule has 8 nitrogen and oxygen atoms in total. The molecule has 0 aromatic rings. The third-order valence-corrected chi connectivity index (χ3v) is 4.57. The molecule has 1 fully saturated rings. The maximum absolute atomic E-state index is 12.1. The quantitative estimate of drug-likeness (QED) is 0.531. The summed E-state index contributed by atoms with van der Waals surface area (Å²) in [4.78, 5) is 24.3. The zero-order valence-electron chi connectivity index (χ0n) is 15.0. The molecule has 0 spiro atoms. The molecule has 9 heteroatoms. The fourth-order valence-corrected chi connectivity index (χ4v) is 3.09. The van der Waals surface area contributed by atoms with Crippen LogP contribution in [0.25, 0.3) is 0 Å². The van der Waals surface area contributed by atoms with Crippen LogP contribution in [0.15, 0.2) is 34.1 Å². The monoisotopic (exact) mass is 426 g/mol. The normalized spacial score (nSPS) is 20.5. The molecule has 0 bridgehead atoms. The Morgan fingerprint density at radius 1 is 1.42 bits per heavy atom. The zero-order chi connectivity index (χ0) is 19.5. The van der Waals surface area contributed by atoms with E-state index in [9.17, 15) is 14.9 Å². The number of amides is 1. The van der Waals surface area contributed by atoms with Crippen LogP contribution in [0.5, 0.6) is 0 Å². The molecule has 1 aliphatic carbocycles. The lowest BCUT2D eigenvalue weighted by atomic mass is 10.0. The van der Waals surface area contributed by atoms with Gasteiger partial charge in [0.1, 0.15) is 5.60 Å². The molecule has 0 aromatic heterocycles. The lowest BCUT2D eigenvalue weighted by Gasteiger charge is -2.33. The van der Waals surface area contributed by atoms with Crippen LogP contribution in [0.1, 0.15) is 33.6 Å². The second-order valence-electron chi connectivity index (χ2n) is 7.20. The Balaban J connectivity index is 1.92. The van der Waals surface area contributed by atoms with Gasteiger partial charge in [-0.25, -0.2) is 4.79 Å². The molecule has 26 heavy (non-hydrogen) atoms. The summed E-state index contributed by atoms with van der Waals surface area (Å²) in [5.74, 6) is 0. The average molecular weight is 427 g/mol. The van der Waals surface area contributed by atoms with E-state index in [0.717, 1.165) is 12.8 Å². The Morgan fingerprint density at radius 3 is 2.58 bits per heavy atom. The largest absolute Gasteiger partial charge is 0.444 e. The summed E-state index contributed by atoms with van der Waals surface area (Å²) in [6.07, 6.45) is 5.59. The molecule has 0 aromatic carbocycles. The van der Waals surface area contributed by atoms with Crippen LogP contribution in [-0.4, -0.2) is 46.4 Å². The van der Waals surface area contributed by atoms with Crippen molar-refractivity contribution in [2.45, 2.75) is 45.3 Å². The number of hydrogen-bond acceptors (Lipinski definition) is 6. The number of nitrogens with one attached hydrogen (secondary N) is 2. The van der Waals surface area contributed by atoms with Crippen molar-refractivity contribution in [1.29, 1.82) is 5.41 Å². The summed E-state index contributed by atoms with van der Waals surface area (Å²) in [6, 6.07) is 0.135. The number of ether oxygens (including phenoxy) is 1. The van der Waals surface area contributed by atoms with Crippen molar-refractivity contribution in [3.63, 3.8) is 0 Å². The van der Waals surface area contributed by atoms with Gasteiger partial charge in [0.05, 0.1) is 15.1 Å². The van der Waals surface area contributed by atoms with Crippen LogP contribution in [0, 0.1) is 15.5 Å². The van der Waals surface area contributed by atoms with Crippen LogP contribution in [0.2, 0.25) is 0 Å². The van der Waals surface area contributed by atoms with Gasteiger partial charge in [-0.2, -0.15) is 0 Å². The van der Waals surface area contributed by atoms with Crippen molar-refractivity contribution in [2.75, 3.05) is 13.1 Å². The van der Waals surface area contributed by atoms with Gasteiger partial charge >= 0.3 is 6.09 Å². The zero-order valence-corrected chi connectivity index (χ0v) is 16.6. The number of allylic oxidation sites excluding steroid dienone is 4. The molecule has 2 N–H and O–H groups in total. The number of likely N-dealkylation sites (tertiary alicyclic amines) is 1. The molecule has 1 saturated heterocycles. The first-order valence-electron chi connectivity index (χ1n) is 8.33. The summed E-state index contributed by atoms with van der Waals surface area (Å²) in [7, 11) is 0. The van der Waals surface area contributed by atoms with Crippen LogP contribution in [0.4, 0.5) is 4.79 Å². The van der Waals surface area contributed by atoms with Gasteiger partial charge in [-0.3, -0.25) is 10.1 Å². The Morgan fingerprint density at radius 2 is 2.04 bits per heavy atom. The first-order chi connectivity index (χ1) is 12.1. The average Bonchev–Trinajstić information content (AvgIpc) is 2.52. The Kier molecular flexibility index (Phi) is 6.22. The number of hydrogen-bond donors (Lipinski definition) is 2. The van der Waals surface area contributed by atoms with Gasteiger partial charge in [-0.1, -0.05) is 0 Å². The van der Waals surface area contributed by atoms with Crippen LogP contribution in [-0.2, 0) is 4.74 Å². The van der Waals surface area contributed by atoms with E-state index in [2.05, 4.69) is 21.2 Å². The highest BCUT2D eigenvalue weighted by atomic mass is 79.9. The van der Waals surface area contributed by atoms with Crippen molar-refractivity contribution >= 4 is 27.7 Å². The van der Waals surface area contributed by atoms with Gasteiger partial charge in [0.25, 0.3) is 5.70 Å². The number of carbonyl (C=O) groups is 1. The van der Waals surface area contributed by atoms with Gasteiger partial charge in [-0.05, 0) is 55.6 Å². The molecule has 0 radical (unpaired) electrons. The Labute approximate surface area is 160 Å².